The van der Waals surface area contributed by atoms with E-state index >= 15 is 0 Å². The van der Waals surface area contributed by atoms with E-state index in [2.05, 4.69) is 0 Å². The highest BCUT2D eigenvalue weighted by Crippen LogP contribution is 2.41. The molecular formula is C12H9Cl3OS. The summed E-state index contributed by atoms with van der Waals surface area (Å²) in [6, 6.07) is 7.19. The molecule has 0 saturated heterocycles. The molecule has 1 aromatic carbocycles. The molecule has 17 heavy (non-hydrogen) atoms. The number of halogens is 3. The van der Waals surface area contributed by atoms with Gasteiger partial charge in [-0.1, -0.05) is 29.3 Å². The van der Waals surface area contributed by atoms with Crippen molar-refractivity contribution in [2.24, 2.45) is 0 Å². The molecule has 0 bridgehead atoms. The molecule has 0 aliphatic rings. The van der Waals surface area contributed by atoms with E-state index in [0.29, 0.717) is 10.0 Å². The molecule has 2 rings (SSSR count). The van der Waals surface area contributed by atoms with Gasteiger partial charge >= 0.3 is 0 Å². The summed E-state index contributed by atoms with van der Waals surface area (Å²) < 4.78 is 5.25. The highest BCUT2D eigenvalue weighted by Gasteiger charge is 2.19. The molecule has 1 heterocycles. The maximum absolute atomic E-state index is 6.42. The maximum Gasteiger partial charge on any atom is 0.134 e. The number of hydrogen-bond acceptors (Lipinski definition) is 2. The van der Waals surface area contributed by atoms with Crippen molar-refractivity contribution in [2.75, 3.05) is 7.11 Å². The number of hydrogen-bond donors (Lipinski definition) is 0. The van der Waals surface area contributed by atoms with Crippen LogP contribution in [-0.2, 0) is 0 Å². The Morgan fingerprint density at radius 3 is 2.65 bits per heavy atom. The summed E-state index contributed by atoms with van der Waals surface area (Å²) in [6.45, 7) is 0. The lowest BCUT2D eigenvalue weighted by atomic mass is 10.1. The molecule has 5 heteroatoms. The van der Waals surface area contributed by atoms with Crippen LogP contribution in [0.1, 0.15) is 15.8 Å². The van der Waals surface area contributed by atoms with Gasteiger partial charge in [0.15, 0.2) is 0 Å². The number of benzene rings is 1. The van der Waals surface area contributed by atoms with Crippen molar-refractivity contribution in [2.45, 2.75) is 5.38 Å². The van der Waals surface area contributed by atoms with E-state index in [1.807, 2.05) is 17.5 Å². The molecule has 1 nitrogen and oxygen atoms in total. The van der Waals surface area contributed by atoms with Gasteiger partial charge in [-0.15, -0.1) is 22.9 Å². The minimum atomic E-state index is -0.324. The van der Waals surface area contributed by atoms with Crippen LogP contribution in [0.25, 0.3) is 0 Å². The Morgan fingerprint density at radius 2 is 2.00 bits per heavy atom. The maximum atomic E-state index is 6.42. The summed E-state index contributed by atoms with van der Waals surface area (Å²) in [4.78, 5) is 0.943. The Labute approximate surface area is 119 Å². The number of alkyl halides is 1. The second-order valence-electron chi connectivity index (χ2n) is 3.38. The fraction of sp³-hybridized carbons (Fsp3) is 0.167. The number of ether oxygens (including phenoxy) is 1. The second-order valence-corrected chi connectivity index (χ2v) is 5.61. The monoisotopic (exact) mass is 306 g/mol. The normalized spacial score (nSPS) is 12.5. The highest BCUT2D eigenvalue weighted by atomic mass is 35.5. The highest BCUT2D eigenvalue weighted by molar-refractivity contribution is 7.10. The molecule has 0 N–H and O–H groups in total. The van der Waals surface area contributed by atoms with Crippen LogP contribution >= 0.6 is 46.1 Å². The molecule has 1 aromatic heterocycles. The van der Waals surface area contributed by atoms with E-state index in [4.69, 9.17) is 39.5 Å². The molecule has 1 atom stereocenters. The zero-order valence-electron chi connectivity index (χ0n) is 8.91. The van der Waals surface area contributed by atoms with Crippen LogP contribution in [0.4, 0.5) is 0 Å². The summed E-state index contributed by atoms with van der Waals surface area (Å²) in [5.74, 6) is 0.779. The van der Waals surface area contributed by atoms with Crippen LogP contribution in [-0.4, -0.2) is 7.11 Å². The zero-order chi connectivity index (χ0) is 12.4. The first kappa shape index (κ1) is 13.0. The lowest BCUT2D eigenvalue weighted by molar-refractivity contribution is 0.413. The fourth-order valence-electron chi connectivity index (χ4n) is 1.51. The molecule has 0 spiro atoms. The Hall–Kier alpha value is -0.410. The second kappa shape index (κ2) is 5.49. The van der Waals surface area contributed by atoms with Crippen LogP contribution < -0.4 is 4.74 Å². The van der Waals surface area contributed by atoms with Crippen LogP contribution in [0.2, 0.25) is 10.0 Å². The molecule has 0 fully saturated rings. The number of methoxy groups -OCH3 is 1. The van der Waals surface area contributed by atoms with Crippen molar-refractivity contribution in [3.05, 3.63) is 50.1 Å². The van der Waals surface area contributed by atoms with Gasteiger partial charge in [0.25, 0.3) is 0 Å². The van der Waals surface area contributed by atoms with Gasteiger partial charge in [0.2, 0.25) is 0 Å². The predicted molar refractivity (Wildman–Crippen MR) is 75.0 cm³/mol. The summed E-state index contributed by atoms with van der Waals surface area (Å²) in [7, 11) is 1.62. The minimum absolute atomic E-state index is 0.324. The van der Waals surface area contributed by atoms with Gasteiger partial charge in [-0.3, -0.25) is 0 Å². The topological polar surface area (TPSA) is 9.23 Å². The van der Waals surface area contributed by atoms with E-state index in [0.717, 1.165) is 16.2 Å². The predicted octanol–water partition coefficient (Wildman–Crippen LogP) is 5.39. The quantitative estimate of drug-likeness (QED) is 0.691. The van der Waals surface area contributed by atoms with E-state index in [1.165, 1.54) is 0 Å². The summed E-state index contributed by atoms with van der Waals surface area (Å²) >= 11 is 19.9. The van der Waals surface area contributed by atoms with Crippen LogP contribution in [0.5, 0.6) is 5.75 Å². The van der Waals surface area contributed by atoms with E-state index in [9.17, 15) is 0 Å². The molecule has 2 aromatic rings. The Bertz CT molecular complexity index is 524. The number of thiophene rings is 1. The van der Waals surface area contributed by atoms with Crippen LogP contribution in [0.15, 0.2) is 29.6 Å². The molecule has 0 saturated carbocycles. The van der Waals surface area contributed by atoms with Crippen LogP contribution in [0, 0.1) is 0 Å². The van der Waals surface area contributed by atoms with Gasteiger partial charge in [-0.2, -0.15) is 0 Å². The van der Waals surface area contributed by atoms with Gasteiger partial charge in [-0.25, -0.2) is 0 Å². The lowest BCUT2D eigenvalue weighted by Crippen LogP contribution is -1.94. The molecule has 0 aliphatic carbocycles. The number of rotatable bonds is 3. The Balaban J connectivity index is 2.40. The zero-order valence-corrected chi connectivity index (χ0v) is 12.0. The van der Waals surface area contributed by atoms with Gasteiger partial charge in [-0.05, 0) is 29.1 Å². The van der Waals surface area contributed by atoms with E-state index in [-0.39, 0.29) is 5.38 Å². The summed E-state index contributed by atoms with van der Waals surface area (Å²) in [6.07, 6.45) is 0. The van der Waals surface area contributed by atoms with Gasteiger partial charge in [0, 0.05) is 10.0 Å². The van der Waals surface area contributed by atoms with Crippen LogP contribution in [0.3, 0.4) is 0 Å². The first-order chi connectivity index (χ1) is 8.13. The molecule has 90 valence electrons. The molecular weight excluding hydrogens is 299 g/mol. The standard InChI is InChI=1S/C12H9Cl3OS/c1-16-10-4-5-17-12(10)11(15)8-3-2-7(13)6-9(8)14/h2-6,11H,1H3. The SMILES string of the molecule is COc1ccsc1C(Cl)c1ccc(Cl)cc1Cl. The summed E-state index contributed by atoms with van der Waals surface area (Å²) in [5.41, 5.74) is 0.832. The minimum Gasteiger partial charge on any atom is -0.496 e. The third kappa shape index (κ3) is 2.71. The van der Waals surface area contributed by atoms with Crippen molar-refractivity contribution in [1.82, 2.24) is 0 Å². The summed E-state index contributed by atoms with van der Waals surface area (Å²) in [5, 5.41) is 2.77. The third-order valence-electron chi connectivity index (χ3n) is 2.34. The van der Waals surface area contributed by atoms with E-state index in [1.54, 1.807) is 30.6 Å². The smallest absolute Gasteiger partial charge is 0.134 e. The van der Waals surface area contributed by atoms with Crippen molar-refractivity contribution >= 4 is 46.1 Å². The first-order valence-electron chi connectivity index (χ1n) is 4.84. The lowest BCUT2D eigenvalue weighted by Gasteiger charge is -2.12. The van der Waals surface area contributed by atoms with Crippen molar-refractivity contribution in [3.63, 3.8) is 0 Å². The third-order valence-corrected chi connectivity index (χ3v) is 4.45. The Morgan fingerprint density at radius 1 is 1.24 bits per heavy atom. The van der Waals surface area contributed by atoms with Gasteiger partial charge in [0.1, 0.15) is 5.75 Å². The first-order valence-corrected chi connectivity index (χ1v) is 6.91. The van der Waals surface area contributed by atoms with Gasteiger partial charge < -0.3 is 4.74 Å². The largest absolute Gasteiger partial charge is 0.496 e. The average Bonchev–Trinajstić information content (AvgIpc) is 2.76. The van der Waals surface area contributed by atoms with Gasteiger partial charge in [0.05, 0.1) is 17.4 Å². The van der Waals surface area contributed by atoms with Crippen molar-refractivity contribution in [3.8, 4) is 5.75 Å². The average molecular weight is 308 g/mol. The van der Waals surface area contributed by atoms with Crippen molar-refractivity contribution < 1.29 is 4.74 Å². The molecule has 0 aliphatic heterocycles. The Kier molecular flexibility index (Phi) is 4.21. The fourth-order valence-corrected chi connectivity index (χ4v) is 3.39. The van der Waals surface area contributed by atoms with Crippen molar-refractivity contribution in [1.29, 1.82) is 0 Å². The van der Waals surface area contributed by atoms with E-state index < -0.39 is 0 Å². The molecule has 0 amide bonds. The molecule has 0 radical (unpaired) electrons. The molecule has 1 unspecified atom stereocenters.